The molecule has 0 aliphatic heterocycles. The summed E-state index contributed by atoms with van der Waals surface area (Å²) in [5.41, 5.74) is 1.59. The molecule has 0 amide bonds. The number of Topliss-reactive ketones (excluding diaryl/α,β-unsaturated/α-hetero) is 1. The molecule has 0 fully saturated rings. The van der Waals surface area contributed by atoms with Crippen LogP contribution in [0.4, 0.5) is 5.69 Å². The second-order valence-electron chi connectivity index (χ2n) is 8.13. The molecule has 160 valence electrons. The highest BCUT2D eigenvalue weighted by Gasteiger charge is 2.21. The van der Waals surface area contributed by atoms with Gasteiger partial charge in [0.1, 0.15) is 30.2 Å². The van der Waals surface area contributed by atoms with Crippen LogP contribution in [0.15, 0.2) is 53.7 Å². The Morgan fingerprint density at radius 3 is 2.45 bits per heavy atom. The molecule has 2 aromatic carbocycles. The van der Waals surface area contributed by atoms with E-state index in [0.29, 0.717) is 22.2 Å². The molecule has 0 unspecified atom stereocenters. The van der Waals surface area contributed by atoms with E-state index in [0.717, 1.165) is 5.56 Å². The van der Waals surface area contributed by atoms with Crippen molar-refractivity contribution in [1.82, 2.24) is 4.57 Å². The zero-order chi connectivity index (χ0) is 22.6. The van der Waals surface area contributed by atoms with E-state index in [9.17, 15) is 14.4 Å². The molecule has 3 aromatic rings. The molecule has 0 bridgehead atoms. The van der Waals surface area contributed by atoms with E-state index in [4.69, 9.17) is 9.47 Å². The molecule has 7 nitrogen and oxygen atoms in total. The predicted octanol–water partition coefficient (Wildman–Crippen LogP) is 4.73. The minimum Gasteiger partial charge on any atom is -0.487 e. The number of hydrogen-bond acceptors (Lipinski definition) is 6. The molecule has 1 aromatic heterocycles. The van der Waals surface area contributed by atoms with Crippen LogP contribution >= 0.6 is 0 Å². The first-order chi connectivity index (χ1) is 14.7. The highest BCUT2D eigenvalue weighted by atomic mass is 16.6. The Balaban J connectivity index is 2.05. The highest BCUT2D eigenvalue weighted by molar-refractivity contribution is 6.08. The van der Waals surface area contributed by atoms with Gasteiger partial charge in [-0.3, -0.25) is 9.59 Å². The van der Waals surface area contributed by atoms with Crippen LogP contribution in [0.5, 0.6) is 5.75 Å². The number of ether oxygens (including phenoxy) is 2. The van der Waals surface area contributed by atoms with Crippen molar-refractivity contribution in [3.63, 3.8) is 0 Å². The molecule has 0 atom stereocenters. The summed E-state index contributed by atoms with van der Waals surface area (Å²) in [4.78, 5) is 39.3. The van der Waals surface area contributed by atoms with Crippen molar-refractivity contribution < 1.29 is 23.9 Å². The van der Waals surface area contributed by atoms with Crippen molar-refractivity contribution in [3.8, 4) is 5.75 Å². The number of isocyanates is 1. The van der Waals surface area contributed by atoms with E-state index in [-0.39, 0.29) is 24.6 Å². The van der Waals surface area contributed by atoms with Gasteiger partial charge in [-0.25, -0.2) is 4.79 Å². The number of benzene rings is 2. The van der Waals surface area contributed by atoms with Gasteiger partial charge >= 0.3 is 5.97 Å². The number of rotatable bonds is 7. The molecular formula is C24H24N2O5. The van der Waals surface area contributed by atoms with Gasteiger partial charge in [-0.15, -0.1) is 0 Å². The number of carbonyl (C=O) groups excluding carboxylic acids is 3. The van der Waals surface area contributed by atoms with Crippen molar-refractivity contribution >= 4 is 34.4 Å². The van der Waals surface area contributed by atoms with Gasteiger partial charge in [0, 0.05) is 23.2 Å². The van der Waals surface area contributed by atoms with Crippen LogP contribution in [0, 0.1) is 0 Å². The lowest BCUT2D eigenvalue weighted by atomic mass is 10.1. The Labute approximate surface area is 180 Å². The minimum atomic E-state index is -0.626. The number of aliphatic imine (C=N–C) groups is 1. The summed E-state index contributed by atoms with van der Waals surface area (Å²) in [6.07, 6.45) is 3.13. The normalized spacial score (nSPS) is 11.1. The Morgan fingerprint density at radius 1 is 1.13 bits per heavy atom. The Kier molecular flexibility index (Phi) is 6.37. The maximum atomic E-state index is 12.4. The molecule has 3 rings (SSSR count). The molecule has 0 N–H and O–H groups in total. The van der Waals surface area contributed by atoms with Gasteiger partial charge in [-0.2, -0.15) is 4.99 Å². The third kappa shape index (κ3) is 5.47. The van der Waals surface area contributed by atoms with Crippen molar-refractivity contribution in [3.05, 3.63) is 59.8 Å². The van der Waals surface area contributed by atoms with E-state index < -0.39 is 11.6 Å². The SMILES string of the molecule is CC(=O)c1cn(CC(=O)OC(C)(C)C)c2cc(OCc3ccccc3)c(N=C=O)cc12. The molecule has 31 heavy (non-hydrogen) atoms. The quantitative estimate of drug-likeness (QED) is 0.239. The third-order valence-electron chi connectivity index (χ3n) is 4.46. The minimum absolute atomic E-state index is 0.0739. The average molecular weight is 420 g/mol. The van der Waals surface area contributed by atoms with Crippen molar-refractivity contribution in [1.29, 1.82) is 0 Å². The fourth-order valence-corrected chi connectivity index (χ4v) is 3.22. The topological polar surface area (TPSA) is 87.0 Å². The van der Waals surface area contributed by atoms with Gasteiger partial charge in [0.2, 0.25) is 6.08 Å². The first-order valence-electron chi connectivity index (χ1n) is 9.82. The Bertz CT molecular complexity index is 1170. The summed E-state index contributed by atoms with van der Waals surface area (Å²) in [5, 5.41) is 0.567. The smallest absolute Gasteiger partial charge is 0.326 e. The predicted molar refractivity (Wildman–Crippen MR) is 116 cm³/mol. The number of hydrogen-bond donors (Lipinski definition) is 0. The largest absolute Gasteiger partial charge is 0.487 e. The molecule has 0 spiro atoms. The average Bonchev–Trinajstić information content (AvgIpc) is 3.03. The third-order valence-corrected chi connectivity index (χ3v) is 4.46. The van der Waals surface area contributed by atoms with Gasteiger partial charge < -0.3 is 14.0 Å². The molecule has 0 radical (unpaired) electrons. The van der Waals surface area contributed by atoms with Crippen LogP contribution in [-0.2, 0) is 27.5 Å². The molecule has 0 saturated heterocycles. The van der Waals surface area contributed by atoms with Crippen LogP contribution < -0.4 is 4.74 Å². The van der Waals surface area contributed by atoms with Crippen LogP contribution in [0.3, 0.4) is 0 Å². The van der Waals surface area contributed by atoms with Gasteiger partial charge in [0.15, 0.2) is 5.78 Å². The number of fused-ring (bicyclic) bond motifs is 1. The van der Waals surface area contributed by atoms with Crippen molar-refractivity contribution in [2.45, 2.75) is 46.4 Å². The van der Waals surface area contributed by atoms with Gasteiger partial charge in [0.05, 0.1) is 5.52 Å². The number of carbonyl (C=O) groups is 2. The first kappa shape index (κ1) is 22.0. The van der Waals surface area contributed by atoms with Crippen LogP contribution in [0.2, 0.25) is 0 Å². The highest BCUT2D eigenvalue weighted by Crippen LogP contribution is 2.36. The zero-order valence-corrected chi connectivity index (χ0v) is 18.0. The van der Waals surface area contributed by atoms with E-state index in [1.165, 1.54) is 13.0 Å². The maximum absolute atomic E-state index is 12.4. The van der Waals surface area contributed by atoms with Gasteiger partial charge in [-0.05, 0) is 39.3 Å². The van der Waals surface area contributed by atoms with Crippen LogP contribution in [-0.4, -0.2) is 28.0 Å². The van der Waals surface area contributed by atoms with E-state index in [1.54, 1.807) is 43.7 Å². The van der Waals surface area contributed by atoms with Crippen LogP contribution in [0.1, 0.15) is 43.6 Å². The zero-order valence-electron chi connectivity index (χ0n) is 18.0. The fourth-order valence-electron chi connectivity index (χ4n) is 3.22. The molecular weight excluding hydrogens is 396 g/mol. The molecule has 0 aliphatic carbocycles. The second kappa shape index (κ2) is 8.98. The van der Waals surface area contributed by atoms with Crippen LogP contribution in [0.25, 0.3) is 10.9 Å². The molecule has 0 aliphatic rings. The number of esters is 1. The molecule has 7 heteroatoms. The summed E-state index contributed by atoms with van der Waals surface area (Å²) in [6, 6.07) is 12.8. The number of nitrogens with zero attached hydrogens (tertiary/aromatic N) is 2. The Hall–Kier alpha value is -3.70. The monoisotopic (exact) mass is 420 g/mol. The second-order valence-corrected chi connectivity index (χ2v) is 8.13. The standard InChI is InChI=1S/C24H24N2O5/c1-16(28)19-12-26(13-23(29)31-24(2,3)4)21-11-22(20(25-15-27)10-18(19)21)30-14-17-8-6-5-7-9-17/h5-12H,13-14H2,1-4H3. The molecule has 0 saturated carbocycles. The number of aromatic nitrogens is 1. The van der Waals surface area contributed by atoms with Gasteiger partial charge in [0.25, 0.3) is 0 Å². The van der Waals surface area contributed by atoms with E-state index in [1.807, 2.05) is 30.3 Å². The summed E-state index contributed by atoms with van der Waals surface area (Å²) in [6.45, 7) is 7.00. The lowest BCUT2D eigenvalue weighted by Crippen LogP contribution is -2.26. The van der Waals surface area contributed by atoms with Gasteiger partial charge in [-0.1, -0.05) is 30.3 Å². The first-order valence-corrected chi connectivity index (χ1v) is 9.82. The van der Waals surface area contributed by atoms with E-state index in [2.05, 4.69) is 4.99 Å². The maximum Gasteiger partial charge on any atom is 0.326 e. The number of ketones is 1. The lowest BCUT2D eigenvalue weighted by Gasteiger charge is -2.19. The summed E-state index contributed by atoms with van der Waals surface area (Å²) >= 11 is 0. The summed E-state index contributed by atoms with van der Waals surface area (Å²) < 4.78 is 13.0. The Morgan fingerprint density at radius 2 is 1.84 bits per heavy atom. The lowest BCUT2D eigenvalue weighted by molar-refractivity contribution is -0.155. The summed E-state index contributed by atoms with van der Waals surface area (Å²) in [7, 11) is 0. The summed E-state index contributed by atoms with van der Waals surface area (Å²) in [5.74, 6) is -0.258. The fraction of sp³-hybridized carbons (Fsp3) is 0.292. The van der Waals surface area contributed by atoms with E-state index >= 15 is 0 Å². The van der Waals surface area contributed by atoms with Crippen molar-refractivity contribution in [2.24, 2.45) is 4.99 Å². The molecule has 1 heterocycles. The van der Waals surface area contributed by atoms with Crippen molar-refractivity contribution in [2.75, 3.05) is 0 Å².